The number of fused-ring (bicyclic) bond motifs is 1. The van der Waals surface area contributed by atoms with Crippen molar-refractivity contribution < 1.29 is 4.79 Å². The van der Waals surface area contributed by atoms with E-state index in [4.69, 9.17) is 4.98 Å². The van der Waals surface area contributed by atoms with Gasteiger partial charge in [-0.15, -0.1) is 0 Å². The Morgan fingerprint density at radius 1 is 1.16 bits per heavy atom. The van der Waals surface area contributed by atoms with Crippen molar-refractivity contribution in [3.8, 4) is 0 Å². The highest BCUT2D eigenvalue weighted by Crippen LogP contribution is 2.31. The van der Waals surface area contributed by atoms with E-state index in [2.05, 4.69) is 9.97 Å². The molecule has 0 unspecified atom stereocenters. The average molecular weight is 335 g/mol. The Morgan fingerprint density at radius 2 is 2.04 bits per heavy atom. The summed E-state index contributed by atoms with van der Waals surface area (Å²) < 4.78 is 2.00. The Labute approximate surface area is 146 Å². The summed E-state index contributed by atoms with van der Waals surface area (Å²) in [6, 6.07) is 5.70. The van der Waals surface area contributed by atoms with E-state index >= 15 is 0 Å². The summed E-state index contributed by atoms with van der Waals surface area (Å²) in [5.74, 6) is 0.911. The number of rotatable bonds is 2. The molecule has 6 nitrogen and oxygen atoms in total. The Hall–Kier alpha value is -2.76. The third kappa shape index (κ3) is 2.88. The monoisotopic (exact) mass is 335 g/mol. The molecule has 3 aromatic rings. The fourth-order valence-corrected chi connectivity index (χ4v) is 3.52. The van der Waals surface area contributed by atoms with Crippen molar-refractivity contribution in [2.45, 2.75) is 39.2 Å². The van der Waals surface area contributed by atoms with Crippen LogP contribution in [0, 0.1) is 13.8 Å². The topological polar surface area (TPSA) is 63.4 Å². The molecule has 1 atom stereocenters. The minimum absolute atomic E-state index is 0.0220. The number of imidazole rings is 1. The normalized spacial score (nSPS) is 17.8. The number of aromatic nitrogens is 4. The zero-order valence-corrected chi connectivity index (χ0v) is 14.5. The predicted molar refractivity (Wildman–Crippen MR) is 94.3 cm³/mol. The molecule has 0 aliphatic carbocycles. The Bertz CT molecular complexity index is 915. The molecule has 3 aromatic heterocycles. The lowest BCUT2D eigenvalue weighted by molar-refractivity contribution is 0.0597. The maximum Gasteiger partial charge on any atom is 0.256 e. The van der Waals surface area contributed by atoms with Crippen molar-refractivity contribution in [2.24, 2.45) is 0 Å². The van der Waals surface area contributed by atoms with Gasteiger partial charge in [0.15, 0.2) is 0 Å². The summed E-state index contributed by atoms with van der Waals surface area (Å²) in [5, 5.41) is 0. The third-order valence-electron chi connectivity index (χ3n) is 4.78. The van der Waals surface area contributed by atoms with Gasteiger partial charge in [-0.1, -0.05) is 0 Å². The highest BCUT2D eigenvalue weighted by molar-refractivity contribution is 5.94. The second-order valence-corrected chi connectivity index (χ2v) is 6.64. The predicted octanol–water partition coefficient (Wildman–Crippen LogP) is 3.11. The lowest BCUT2D eigenvalue weighted by Gasteiger charge is -2.35. The Balaban J connectivity index is 1.75. The summed E-state index contributed by atoms with van der Waals surface area (Å²) >= 11 is 0. The van der Waals surface area contributed by atoms with Gasteiger partial charge in [-0.3, -0.25) is 14.2 Å². The fraction of sp³-hybridized carbons (Fsp3) is 0.368. The summed E-state index contributed by atoms with van der Waals surface area (Å²) in [7, 11) is 0. The maximum atomic E-state index is 13.1. The number of nitrogens with zero attached hydrogens (tertiary/aromatic N) is 5. The number of likely N-dealkylation sites (tertiary alicyclic amines) is 1. The first-order valence-corrected chi connectivity index (χ1v) is 8.67. The molecule has 1 fully saturated rings. The molecule has 1 aliphatic rings. The van der Waals surface area contributed by atoms with Crippen molar-refractivity contribution in [3.63, 3.8) is 0 Å². The maximum absolute atomic E-state index is 13.1. The van der Waals surface area contributed by atoms with Crippen LogP contribution in [0.1, 0.15) is 52.9 Å². The van der Waals surface area contributed by atoms with E-state index < -0.39 is 0 Å². The molecule has 0 radical (unpaired) electrons. The molecule has 0 N–H and O–H groups in total. The molecular formula is C19H21N5O. The molecule has 1 amide bonds. The van der Waals surface area contributed by atoms with Crippen LogP contribution in [0.15, 0.2) is 36.9 Å². The molecule has 25 heavy (non-hydrogen) atoms. The van der Waals surface area contributed by atoms with Gasteiger partial charge in [-0.2, -0.15) is 0 Å². The third-order valence-corrected chi connectivity index (χ3v) is 4.78. The molecule has 128 valence electrons. The van der Waals surface area contributed by atoms with Gasteiger partial charge < -0.3 is 4.90 Å². The summed E-state index contributed by atoms with van der Waals surface area (Å²) in [6.07, 6.45) is 8.29. The van der Waals surface area contributed by atoms with Gasteiger partial charge in [-0.25, -0.2) is 9.97 Å². The number of carbonyl (C=O) groups is 1. The van der Waals surface area contributed by atoms with Crippen LogP contribution >= 0.6 is 0 Å². The van der Waals surface area contributed by atoms with Crippen LogP contribution < -0.4 is 0 Å². The highest BCUT2D eigenvalue weighted by Gasteiger charge is 2.31. The van der Waals surface area contributed by atoms with E-state index in [9.17, 15) is 4.79 Å². The van der Waals surface area contributed by atoms with Crippen molar-refractivity contribution in [2.75, 3.05) is 6.54 Å². The molecule has 0 bridgehead atoms. The second-order valence-electron chi connectivity index (χ2n) is 6.64. The van der Waals surface area contributed by atoms with Gasteiger partial charge in [0.2, 0.25) is 0 Å². The van der Waals surface area contributed by atoms with E-state index in [1.54, 1.807) is 12.5 Å². The molecule has 6 heteroatoms. The van der Waals surface area contributed by atoms with Crippen molar-refractivity contribution >= 4 is 11.4 Å². The van der Waals surface area contributed by atoms with Gasteiger partial charge in [-0.05, 0) is 51.3 Å². The van der Waals surface area contributed by atoms with Gasteiger partial charge in [0.05, 0.1) is 23.3 Å². The number of hydrogen-bond donors (Lipinski definition) is 0. The molecule has 0 saturated carbocycles. The first-order valence-electron chi connectivity index (χ1n) is 8.67. The van der Waals surface area contributed by atoms with Crippen LogP contribution in [0.2, 0.25) is 0 Å². The SMILES string of the molecule is Cc1ccc(C(=O)N2CCCC[C@@H]2c2nc(C)cc3cncn23)cn1. The lowest BCUT2D eigenvalue weighted by Crippen LogP contribution is -2.39. The highest BCUT2D eigenvalue weighted by atomic mass is 16.2. The first-order chi connectivity index (χ1) is 12.1. The van der Waals surface area contributed by atoms with Crippen LogP contribution in [0.4, 0.5) is 0 Å². The summed E-state index contributed by atoms with van der Waals surface area (Å²) in [6.45, 7) is 4.64. The van der Waals surface area contributed by atoms with Gasteiger partial charge in [0.25, 0.3) is 5.91 Å². The first kappa shape index (κ1) is 15.7. The largest absolute Gasteiger partial charge is 0.328 e. The van der Waals surface area contributed by atoms with Gasteiger partial charge in [0, 0.05) is 24.1 Å². The zero-order chi connectivity index (χ0) is 17.4. The zero-order valence-electron chi connectivity index (χ0n) is 14.5. The van der Waals surface area contributed by atoms with E-state index in [-0.39, 0.29) is 11.9 Å². The van der Waals surface area contributed by atoms with Gasteiger partial charge >= 0.3 is 0 Å². The van der Waals surface area contributed by atoms with E-state index in [0.717, 1.165) is 48.5 Å². The van der Waals surface area contributed by atoms with E-state index in [0.29, 0.717) is 5.56 Å². The number of aryl methyl sites for hydroxylation is 2. The molecular weight excluding hydrogens is 314 g/mol. The van der Waals surface area contributed by atoms with Crippen LogP contribution in [0.5, 0.6) is 0 Å². The van der Waals surface area contributed by atoms with Crippen LogP contribution in [0.25, 0.3) is 5.52 Å². The van der Waals surface area contributed by atoms with Crippen molar-refractivity contribution in [1.82, 2.24) is 24.3 Å². The van der Waals surface area contributed by atoms with Crippen molar-refractivity contribution in [1.29, 1.82) is 0 Å². The molecule has 4 rings (SSSR count). The lowest BCUT2D eigenvalue weighted by atomic mass is 10.00. The number of hydrogen-bond acceptors (Lipinski definition) is 4. The minimum Gasteiger partial charge on any atom is -0.328 e. The quantitative estimate of drug-likeness (QED) is 0.722. The molecule has 0 spiro atoms. The standard InChI is InChI=1S/C19H21N5O/c1-13-6-7-15(10-21-13)19(25)23-8-4-3-5-17(23)18-22-14(2)9-16-11-20-12-24(16)18/h6-7,9-12,17H,3-5,8H2,1-2H3/t17-/m1/s1. The van der Waals surface area contributed by atoms with Crippen LogP contribution in [-0.4, -0.2) is 36.7 Å². The Kier molecular flexibility index (Phi) is 3.95. The van der Waals surface area contributed by atoms with Crippen LogP contribution in [0.3, 0.4) is 0 Å². The average Bonchev–Trinajstić information content (AvgIpc) is 3.09. The number of piperidine rings is 1. The smallest absolute Gasteiger partial charge is 0.256 e. The molecule has 1 aliphatic heterocycles. The van der Waals surface area contributed by atoms with Gasteiger partial charge in [0.1, 0.15) is 12.2 Å². The van der Waals surface area contributed by atoms with E-state index in [1.807, 2.05) is 47.5 Å². The van der Waals surface area contributed by atoms with Crippen LogP contribution in [-0.2, 0) is 0 Å². The number of amides is 1. The minimum atomic E-state index is -0.0425. The Morgan fingerprint density at radius 3 is 2.84 bits per heavy atom. The van der Waals surface area contributed by atoms with E-state index in [1.165, 1.54) is 0 Å². The number of carbonyl (C=O) groups excluding carboxylic acids is 1. The number of pyridine rings is 1. The second kappa shape index (κ2) is 6.27. The summed E-state index contributed by atoms with van der Waals surface area (Å²) in [4.78, 5) is 28.3. The van der Waals surface area contributed by atoms with Crippen molar-refractivity contribution in [3.05, 3.63) is 59.7 Å². The molecule has 4 heterocycles. The fourth-order valence-electron chi connectivity index (χ4n) is 3.52. The summed E-state index contributed by atoms with van der Waals surface area (Å²) in [5.41, 5.74) is 3.50. The molecule has 0 aromatic carbocycles. The molecule has 1 saturated heterocycles.